The van der Waals surface area contributed by atoms with Crippen molar-refractivity contribution in [2.45, 2.75) is 13.8 Å². The Bertz CT molecular complexity index is 637. The molecule has 106 valence electrons. The third-order valence-corrected chi connectivity index (χ3v) is 3.35. The van der Waals surface area contributed by atoms with Crippen molar-refractivity contribution in [3.05, 3.63) is 30.5 Å². The Morgan fingerprint density at radius 1 is 1.35 bits per heavy atom. The number of nitrogens with two attached hydrogens (primary N) is 1. The van der Waals surface area contributed by atoms with Crippen LogP contribution in [0.2, 0.25) is 0 Å². The molecule has 5 nitrogen and oxygen atoms in total. The van der Waals surface area contributed by atoms with E-state index in [4.69, 9.17) is 5.73 Å². The Morgan fingerprint density at radius 3 is 2.75 bits per heavy atom. The van der Waals surface area contributed by atoms with Crippen LogP contribution in [0.4, 0.5) is 11.4 Å². The highest BCUT2D eigenvalue weighted by Crippen LogP contribution is 2.28. The van der Waals surface area contributed by atoms with E-state index in [1.807, 2.05) is 38.1 Å². The highest BCUT2D eigenvalue weighted by Gasteiger charge is 2.26. The summed E-state index contributed by atoms with van der Waals surface area (Å²) in [6.07, 6.45) is 1.64. The van der Waals surface area contributed by atoms with Gasteiger partial charge in [0.15, 0.2) is 0 Å². The molecule has 0 saturated carbocycles. The van der Waals surface area contributed by atoms with E-state index in [2.05, 4.69) is 15.6 Å². The summed E-state index contributed by atoms with van der Waals surface area (Å²) in [6.45, 7) is 4.27. The molecule has 0 spiro atoms. The number of nitrogen functional groups attached to an aromatic ring is 1. The molecule has 1 amide bonds. The average Bonchev–Trinajstić information content (AvgIpc) is 2.45. The second kappa shape index (κ2) is 5.36. The summed E-state index contributed by atoms with van der Waals surface area (Å²) < 4.78 is 0. The van der Waals surface area contributed by atoms with E-state index < -0.39 is 5.41 Å². The molecule has 0 aliphatic carbocycles. The molecule has 0 radical (unpaired) electrons. The molecule has 0 aliphatic heterocycles. The van der Waals surface area contributed by atoms with E-state index in [0.717, 1.165) is 16.6 Å². The normalized spacial score (nSPS) is 11.3. The van der Waals surface area contributed by atoms with Crippen LogP contribution in [-0.2, 0) is 4.79 Å². The molecule has 2 aromatic rings. The maximum atomic E-state index is 11.8. The lowest BCUT2D eigenvalue weighted by molar-refractivity contribution is -0.128. The zero-order chi connectivity index (χ0) is 14.8. The number of hydrogen-bond acceptors (Lipinski definition) is 4. The van der Waals surface area contributed by atoms with Crippen molar-refractivity contribution in [1.29, 1.82) is 0 Å². The second-order valence-corrected chi connectivity index (χ2v) is 5.42. The zero-order valence-corrected chi connectivity index (χ0v) is 12.0. The van der Waals surface area contributed by atoms with Gasteiger partial charge in [-0.1, -0.05) is 18.2 Å². The Kier molecular flexibility index (Phi) is 3.79. The molecule has 0 aliphatic rings. The molecule has 2 rings (SSSR count). The van der Waals surface area contributed by atoms with Crippen molar-refractivity contribution in [3.8, 4) is 0 Å². The van der Waals surface area contributed by atoms with Gasteiger partial charge in [-0.25, -0.2) is 0 Å². The minimum atomic E-state index is -0.522. The van der Waals surface area contributed by atoms with Gasteiger partial charge in [0.1, 0.15) is 0 Å². The van der Waals surface area contributed by atoms with E-state index in [-0.39, 0.29) is 5.91 Å². The number of aromatic nitrogens is 1. The number of carbonyl (C=O) groups excluding carboxylic acids is 1. The Labute approximate surface area is 118 Å². The summed E-state index contributed by atoms with van der Waals surface area (Å²) in [4.78, 5) is 16.1. The van der Waals surface area contributed by atoms with Crippen molar-refractivity contribution < 1.29 is 4.79 Å². The predicted molar refractivity (Wildman–Crippen MR) is 82.5 cm³/mol. The van der Waals surface area contributed by atoms with Gasteiger partial charge in [-0.2, -0.15) is 0 Å². The first-order valence-electron chi connectivity index (χ1n) is 6.55. The van der Waals surface area contributed by atoms with Crippen molar-refractivity contribution in [2.75, 3.05) is 24.6 Å². The summed E-state index contributed by atoms with van der Waals surface area (Å²) in [5.41, 5.74) is 7.76. The summed E-state index contributed by atoms with van der Waals surface area (Å²) in [5.74, 6) is -0.0121. The molecule has 0 atom stereocenters. The Hall–Kier alpha value is -2.30. The number of benzene rings is 1. The van der Waals surface area contributed by atoms with E-state index in [1.165, 1.54) is 0 Å². The smallest absolute Gasteiger partial charge is 0.227 e. The van der Waals surface area contributed by atoms with Crippen molar-refractivity contribution in [1.82, 2.24) is 10.3 Å². The van der Waals surface area contributed by atoms with Crippen LogP contribution in [0.15, 0.2) is 30.5 Å². The first kappa shape index (κ1) is 14.1. The van der Waals surface area contributed by atoms with Crippen LogP contribution in [0.3, 0.4) is 0 Å². The Balaban J connectivity index is 2.30. The third kappa shape index (κ3) is 2.66. The molecule has 0 fully saturated rings. The lowest BCUT2D eigenvalue weighted by Crippen LogP contribution is -2.39. The highest BCUT2D eigenvalue weighted by atomic mass is 16.2. The number of hydrogen-bond donors (Lipinski definition) is 3. The minimum Gasteiger partial charge on any atom is -0.396 e. The average molecular weight is 272 g/mol. The number of nitrogens with zero attached hydrogens (tertiary/aromatic N) is 1. The monoisotopic (exact) mass is 272 g/mol. The molecule has 5 heteroatoms. The number of rotatable bonds is 4. The minimum absolute atomic E-state index is 0.0121. The molecule has 0 saturated heterocycles. The maximum absolute atomic E-state index is 11.8. The van der Waals surface area contributed by atoms with Crippen LogP contribution in [0.25, 0.3) is 10.9 Å². The number of fused-ring (bicyclic) bond motifs is 1. The van der Waals surface area contributed by atoms with E-state index >= 15 is 0 Å². The highest BCUT2D eigenvalue weighted by molar-refractivity contribution is 5.97. The standard InChI is InChI=1S/C15H20N4O/c1-15(2,14(20)17-3)9-19-13-10-6-4-5-7-12(10)18-8-11(13)16/h4-8H,9,16H2,1-3H3,(H,17,20)(H,18,19). The fourth-order valence-corrected chi connectivity index (χ4v) is 2.08. The second-order valence-electron chi connectivity index (χ2n) is 5.42. The van der Waals surface area contributed by atoms with Gasteiger partial charge in [-0.3, -0.25) is 9.78 Å². The number of anilines is 2. The lowest BCUT2D eigenvalue weighted by atomic mass is 9.92. The first-order chi connectivity index (χ1) is 9.45. The van der Waals surface area contributed by atoms with Gasteiger partial charge >= 0.3 is 0 Å². The maximum Gasteiger partial charge on any atom is 0.227 e. The van der Waals surface area contributed by atoms with Gasteiger partial charge in [0, 0.05) is 19.0 Å². The fraction of sp³-hybridized carbons (Fsp3) is 0.333. The number of para-hydroxylation sites is 1. The molecular weight excluding hydrogens is 252 g/mol. The molecule has 0 unspecified atom stereocenters. The van der Waals surface area contributed by atoms with Gasteiger partial charge < -0.3 is 16.4 Å². The van der Waals surface area contributed by atoms with Crippen molar-refractivity contribution in [3.63, 3.8) is 0 Å². The van der Waals surface area contributed by atoms with E-state index in [9.17, 15) is 4.79 Å². The summed E-state index contributed by atoms with van der Waals surface area (Å²) in [7, 11) is 1.64. The summed E-state index contributed by atoms with van der Waals surface area (Å²) in [5, 5.41) is 6.91. The van der Waals surface area contributed by atoms with Crippen LogP contribution in [-0.4, -0.2) is 24.5 Å². The molecule has 1 aromatic heterocycles. The number of carbonyl (C=O) groups is 1. The summed E-state index contributed by atoms with van der Waals surface area (Å²) in [6, 6.07) is 7.78. The molecule has 20 heavy (non-hydrogen) atoms. The molecule has 1 aromatic carbocycles. The number of amides is 1. The zero-order valence-electron chi connectivity index (χ0n) is 12.0. The molecular formula is C15H20N4O. The van der Waals surface area contributed by atoms with Crippen LogP contribution >= 0.6 is 0 Å². The topological polar surface area (TPSA) is 80.0 Å². The molecule has 1 heterocycles. The van der Waals surface area contributed by atoms with E-state index in [1.54, 1.807) is 13.2 Å². The molecule has 0 bridgehead atoms. The predicted octanol–water partition coefficient (Wildman–Crippen LogP) is 2.00. The van der Waals surface area contributed by atoms with Crippen LogP contribution in [0.5, 0.6) is 0 Å². The Morgan fingerprint density at radius 2 is 2.05 bits per heavy atom. The van der Waals surface area contributed by atoms with Crippen LogP contribution in [0.1, 0.15) is 13.8 Å². The SMILES string of the molecule is CNC(=O)C(C)(C)CNc1c(N)cnc2ccccc12. The van der Waals surface area contributed by atoms with Crippen LogP contribution in [0, 0.1) is 5.41 Å². The third-order valence-electron chi connectivity index (χ3n) is 3.35. The number of pyridine rings is 1. The van der Waals surface area contributed by atoms with E-state index in [0.29, 0.717) is 12.2 Å². The van der Waals surface area contributed by atoms with Gasteiger partial charge in [0.05, 0.1) is 28.5 Å². The van der Waals surface area contributed by atoms with Gasteiger partial charge in [0.25, 0.3) is 0 Å². The van der Waals surface area contributed by atoms with Gasteiger partial charge in [-0.15, -0.1) is 0 Å². The fourth-order valence-electron chi connectivity index (χ4n) is 2.08. The quantitative estimate of drug-likeness (QED) is 0.795. The van der Waals surface area contributed by atoms with Crippen molar-refractivity contribution in [2.24, 2.45) is 5.41 Å². The molecule has 4 N–H and O–H groups in total. The van der Waals surface area contributed by atoms with Gasteiger partial charge in [0.2, 0.25) is 5.91 Å². The van der Waals surface area contributed by atoms with Gasteiger partial charge in [-0.05, 0) is 19.9 Å². The lowest BCUT2D eigenvalue weighted by Gasteiger charge is -2.24. The first-order valence-corrected chi connectivity index (χ1v) is 6.55. The largest absolute Gasteiger partial charge is 0.396 e. The van der Waals surface area contributed by atoms with Crippen molar-refractivity contribution >= 4 is 28.2 Å². The van der Waals surface area contributed by atoms with Crippen LogP contribution < -0.4 is 16.4 Å². The number of nitrogens with one attached hydrogen (secondary N) is 2. The summed E-state index contributed by atoms with van der Waals surface area (Å²) >= 11 is 0.